The van der Waals surface area contributed by atoms with Gasteiger partial charge in [-0.1, -0.05) is 82.7 Å². The third-order valence-corrected chi connectivity index (χ3v) is 7.14. The highest BCUT2D eigenvalue weighted by Crippen LogP contribution is 2.30. The number of nitrogens with zero attached hydrogens (tertiary/aromatic N) is 1. The van der Waals surface area contributed by atoms with E-state index < -0.39 is 0 Å². The number of halogens is 1. The summed E-state index contributed by atoms with van der Waals surface area (Å²) in [6, 6.07) is 22.9. The van der Waals surface area contributed by atoms with Crippen LogP contribution in [-0.2, 0) is 11.0 Å². The maximum Gasteiger partial charge on any atom is 0.253 e. The molecule has 1 aliphatic rings. The molecular weight excluding hydrogens is 506 g/mol. The molecule has 0 aromatic heterocycles. The molecule has 0 bridgehead atoms. The van der Waals surface area contributed by atoms with E-state index >= 15 is 0 Å². The summed E-state index contributed by atoms with van der Waals surface area (Å²) in [7, 11) is 8.16. The van der Waals surface area contributed by atoms with Gasteiger partial charge in [0.25, 0.3) is 5.91 Å². The molecule has 2 radical (unpaired) electrons. The Morgan fingerprint density at radius 1 is 1.03 bits per heavy atom. The van der Waals surface area contributed by atoms with Crippen molar-refractivity contribution in [3.05, 3.63) is 89.0 Å². The summed E-state index contributed by atoms with van der Waals surface area (Å²) in [6.07, 6.45) is 2.01. The summed E-state index contributed by atoms with van der Waals surface area (Å²) in [6.45, 7) is 2.47. The Labute approximate surface area is 206 Å². The topological polar surface area (TPSA) is 32.3 Å². The molecule has 1 N–H and O–H groups in total. The first-order valence-electron chi connectivity index (χ1n) is 11.2. The third-order valence-electron chi connectivity index (χ3n) is 6.32. The average Bonchev–Trinajstić information content (AvgIpc) is 2.84. The van der Waals surface area contributed by atoms with Gasteiger partial charge in [0, 0.05) is 29.6 Å². The van der Waals surface area contributed by atoms with Gasteiger partial charge in [0.15, 0.2) is 0 Å². The van der Waals surface area contributed by atoms with Crippen LogP contribution in [0.25, 0.3) is 11.1 Å². The quantitative estimate of drug-likeness (QED) is 0.280. The second-order valence-electron chi connectivity index (χ2n) is 8.47. The molecule has 0 unspecified atom stereocenters. The van der Waals surface area contributed by atoms with Crippen molar-refractivity contribution in [1.82, 2.24) is 10.2 Å². The maximum absolute atomic E-state index is 13.2. The van der Waals surface area contributed by atoms with E-state index in [0.717, 1.165) is 64.6 Å². The molecule has 1 fully saturated rings. The molecule has 1 amide bonds. The van der Waals surface area contributed by atoms with E-state index in [2.05, 4.69) is 64.3 Å². The van der Waals surface area contributed by atoms with E-state index in [0.29, 0.717) is 5.92 Å². The Hall–Kier alpha value is -2.12. The van der Waals surface area contributed by atoms with Gasteiger partial charge in [-0.05, 0) is 65.8 Å². The van der Waals surface area contributed by atoms with Crippen molar-refractivity contribution in [2.24, 2.45) is 0 Å². The summed E-state index contributed by atoms with van der Waals surface area (Å²) < 4.78 is 0.887. The Morgan fingerprint density at radius 2 is 1.78 bits per heavy atom. The SMILES string of the molecule is [B]c1cc(-c2cccc(C(=O)N3CCC(c4cccc(CNC)c4)CC3)c2)ccc1CI. The van der Waals surface area contributed by atoms with Crippen molar-refractivity contribution in [1.29, 1.82) is 0 Å². The first kappa shape index (κ1) is 23.1. The molecule has 0 spiro atoms. The molecular formula is C27H28BIN2O. The largest absolute Gasteiger partial charge is 0.339 e. The molecule has 162 valence electrons. The number of rotatable bonds is 6. The predicted molar refractivity (Wildman–Crippen MR) is 142 cm³/mol. The highest BCUT2D eigenvalue weighted by Gasteiger charge is 2.25. The Balaban J connectivity index is 1.44. The number of carbonyl (C=O) groups is 1. The zero-order valence-electron chi connectivity index (χ0n) is 18.5. The Morgan fingerprint density at radius 3 is 2.50 bits per heavy atom. The van der Waals surface area contributed by atoms with Gasteiger partial charge in [-0.25, -0.2) is 0 Å². The minimum Gasteiger partial charge on any atom is -0.339 e. The first-order valence-corrected chi connectivity index (χ1v) is 12.7. The smallest absolute Gasteiger partial charge is 0.253 e. The van der Waals surface area contributed by atoms with E-state index in [9.17, 15) is 4.79 Å². The summed E-state index contributed by atoms with van der Waals surface area (Å²) in [5.41, 5.74) is 7.46. The second-order valence-corrected chi connectivity index (χ2v) is 9.23. The first-order chi connectivity index (χ1) is 15.6. The van der Waals surface area contributed by atoms with Crippen LogP contribution in [0.5, 0.6) is 0 Å². The van der Waals surface area contributed by atoms with E-state index in [1.54, 1.807) is 0 Å². The molecule has 4 rings (SSSR count). The lowest BCUT2D eigenvalue weighted by molar-refractivity contribution is 0.0713. The number of benzene rings is 3. The molecule has 32 heavy (non-hydrogen) atoms. The summed E-state index contributed by atoms with van der Waals surface area (Å²) in [4.78, 5) is 15.2. The Bertz CT molecular complexity index is 1090. The summed E-state index contributed by atoms with van der Waals surface area (Å²) in [5.74, 6) is 0.632. The fourth-order valence-corrected chi connectivity index (χ4v) is 5.18. The minimum absolute atomic E-state index is 0.117. The van der Waals surface area contributed by atoms with Crippen LogP contribution in [0, 0.1) is 0 Å². The maximum atomic E-state index is 13.2. The molecule has 0 saturated carbocycles. The number of hydrogen-bond acceptors (Lipinski definition) is 2. The average molecular weight is 534 g/mol. The van der Waals surface area contributed by atoms with Gasteiger partial charge in [-0.15, -0.1) is 0 Å². The third kappa shape index (κ3) is 5.26. The van der Waals surface area contributed by atoms with Crippen molar-refractivity contribution in [2.45, 2.75) is 29.7 Å². The van der Waals surface area contributed by atoms with Crippen molar-refractivity contribution in [3.8, 4) is 11.1 Å². The lowest BCUT2D eigenvalue weighted by Crippen LogP contribution is -2.37. The lowest BCUT2D eigenvalue weighted by Gasteiger charge is -2.32. The summed E-state index contributed by atoms with van der Waals surface area (Å²) in [5, 5.41) is 3.22. The molecule has 0 atom stereocenters. The minimum atomic E-state index is 0.117. The van der Waals surface area contributed by atoms with Crippen LogP contribution in [0.1, 0.15) is 45.8 Å². The molecule has 1 saturated heterocycles. The Kier molecular flexibility index (Phi) is 7.69. The molecule has 3 aromatic rings. The zero-order valence-corrected chi connectivity index (χ0v) is 20.6. The van der Waals surface area contributed by atoms with Crippen LogP contribution in [0.15, 0.2) is 66.7 Å². The fraction of sp³-hybridized carbons (Fsp3) is 0.296. The molecule has 1 heterocycles. The number of piperidine rings is 1. The number of carbonyl (C=O) groups excluding carboxylic acids is 1. The molecule has 3 nitrogen and oxygen atoms in total. The van der Waals surface area contributed by atoms with Crippen molar-refractivity contribution in [2.75, 3.05) is 20.1 Å². The van der Waals surface area contributed by atoms with Crippen molar-refractivity contribution < 1.29 is 4.79 Å². The van der Waals surface area contributed by atoms with Gasteiger partial charge >= 0.3 is 0 Å². The van der Waals surface area contributed by atoms with Crippen LogP contribution in [-0.4, -0.2) is 38.8 Å². The van der Waals surface area contributed by atoms with Crippen molar-refractivity contribution in [3.63, 3.8) is 0 Å². The molecule has 3 aromatic carbocycles. The highest BCUT2D eigenvalue weighted by atomic mass is 127. The zero-order chi connectivity index (χ0) is 22.5. The number of nitrogens with one attached hydrogen (secondary N) is 1. The fourth-order valence-electron chi connectivity index (χ4n) is 4.49. The standard InChI is InChI=1S/C27H28BIN2O/c1-30-18-19-4-2-5-21(14-19)20-10-12-31(13-11-20)27(32)24-7-3-6-22(15-24)23-8-9-25(17-29)26(28)16-23/h2-9,14-16,20,30H,10-13,17-18H2,1H3. The van der Waals surface area contributed by atoms with Crippen LogP contribution in [0.3, 0.4) is 0 Å². The lowest BCUT2D eigenvalue weighted by atomic mass is 9.87. The number of alkyl halides is 1. The van der Waals surface area contributed by atoms with Crippen LogP contribution >= 0.6 is 22.6 Å². The van der Waals surface area contributed by atoms with Crippen LogP contribution in [0.2, 0.25) is 0 Å². The van der Waals surface area contributed by atoms with E-state index in [1.807, 2.05) is 42.3 Å². The van der Waals surface area contributed by atoms with E-state index in [1.165, 1.54) is 11.1 Å². The van der Waals surface area contributed by atoms with Crippen LogP contribution in [0.4, 0.5) is 0 Å². The molecule has 1 aliphatic heterocycles. The van der Waals surface area contributed by atoms with Gasteiger partial charge in [-0.3, -0.25) is 4.79 Å². The normalized spacial score (nSPS) is 14.5. The number of hydrogen-bond donors (Lipinski definition) is 1. The van der Waals surface area contributed by atoms with Gasteiger partial charge in [0.05, 0.1) is 0 Å². The number of amides is 1. The highest BCUT2D eigenvalue weighted by molar-refractivity contribution is 14.1. The summed E-state index contributed by atoms with van der Waals surface area (Å²) >= 11 is 2.32. The van der Waals surface area contributed by atoms with Gasteiger partial charge < -0.3 is 10.2 Å². The van der Waals surface area contributed by atoms with Crippen LogP contribution < -0.4 is 10.8 Å². The monoisotopic (exact) mass is 534 g/mol. The molecule has 0 aliphatic carbocycles. The second kappa shape index (κ2) is 10.7. The molecule has 5 heteroatoms. The predicted octanol–water partition coefficient (Wildman–Crippen LogP) is 4.82. The van der Waals surface area contributed by atoms with Gasteiger partial charge in [-0.2, -0.15) is 0 Å². The van der Waals surface area contributed by atoms with Gasteiger partial charge in [0.1, 0.15) is 7.85 Å². The van der Waals surface area contributed by atoms with Gasteiger partial charge in [0.2, 0.25) is 0 Å². The number of likely N-dealkylation sites (tertiary alicyclic amines) is 1. The van der Waals surface area contributed by atoms with E-state index in [-0.39, 0.29) is 5.91 Å². The van der Waals surface area contributed by atoms with Crippen molar-refractivity contribution >= 4 is 41.8 Å². The van der Waals surface area contributed by atoms with E-state index in [4.69, 9.17) is 7.85 Å².